The molecular weight excluding hydrogens is 314 g/mol. The predicted octanol–water partition coefficient (Wildman–Crippen LogP) is 2.51. The van der Waals surface area contributed by atoms with Gasteiger partial charge >= 0.3 is 0 Å². The number of aromatic nitrogens is 2. The molecule has 1 amide bonds. The first-order chi connectivity index (χ1) is 12.0. The third-order valence-corrected chi connectivity index (χ3v) is 5.31. The highest BCUT2D eigenvalue weighted by atomic mass is 16.2. The minimum Gasteiger partial charge on any atom is -0.338 e. The summed E-state index contributed by atoms with van der Waals surface area (Å²) in [6.07, 6.45) is 2.35. The fourth-order valence-corrected chi connectivity index (χ4v) is 3.35. The fourth-order valence-electron chi connectivity index (χ4n) is 3.35. The van der Waals surface area contributed by atoms with Crippen LogP contribution in [0.25, 0.3) is 0 Å². The van der Waals surface area contributed by atoms with Crippen molar-refractivity contribution in [3.05, 3.63) is 63.1 Å². The molecule has 0 N–H and O–H groups in total. The van der Waals surface area contributed by atoms with Gasteiger partial charge in [0, 0.05) is 36.6 Å². The van der Waals surface area contributed by atoms with E-state index in [1.807, 2.05) is 43.0 Å². The van der Waals surface area contributed by atoms with E-state index in [1.54, 1.807) is 10.7 Å². The van der Waals surface area contributed by atoms with Gasteiger partial charge in [0.25, 0.3) is 11.5 Å². The maximum absolute atomic E-state index is 12.5. The van der Waals surface area contributed by atoms with Crippen molar-refractivity contribution in [2.24, 2.45) is 5.92 Å². The summed E-state index contributed by atoms with van der Waals surface area (Å²) in [7, 11) is 0. The van der Waals surface area contributed by atoms with Crippen LogP contribution in [0.2, 0.25) is 0 Å². The number of hydrogen-bond acceptors (Lipinski definition) is 3. The maximum Gasteiger partial charge on any atom is 0.266 e. The van der Waals surface area contributed by atoms with Crippen LogP contribution in [0.5, 0.6) is 0 Å². The SMILES string of the molecule is Cc1ccc(C(=O)N2CC(Cn3nc(C4CC4)ccc3=O)C2)cc1C. The van der Waals surface area contributed by atoms with E-state index >= 15 is 0 Å². The normalized spacial score (nSPS) is 17.4. The van der Waals surface area contributed by atoms with Crippen LogP contribution in [0, 0.1) is 19.8 Å². The Labute approximate surface area is 147 Å². The summed E-state index contributed by atoms with van der Waals surface area (Å²) < 4.78 is 1.58. The molecule has 5 heteroatoms. The van der Waals surface area contributed by atoms with Crippen molar-refractivity contribution in [2.45, 2.75) is 39.2 Å². The smallest absolute Gasteiger partial charge is 0.266 e. The van der Waals surface area contributed by atoms with Crippen molar-refractivity contribution in [3.63, 3.8) is 0 Å². The highest BCUT2D eigenvalue weighted by Crippen LogP contribution is 2.38. The van der Waals surface area contributed by atoms with Crippen LogP contribution < -0.4 is 5.56 Å². The number of amides is 1. The van der Waals surface area contributed by atoms with Crippen molar-refractivity contribution < 1.29 is 4.79 Å². The molecule has 1 aliphatic carbocycles. The Morgan fingerprint density at radius 2 is 1.88 bits per heavy atom. The Kier molecular flexibility index (Phi) is 3.94. The molecule has 1 saturated heterocycles. The van der Waals surface area contributed by atoms with E-state index in [0.29, 0.717) is 31.5 Å². The van der Waals surface area contributed by atoms with E-state index in [2.05, 4.69) is 5.10 Å². The first kappa shape index (κ1) is 16.1. The lowest BCUT2D eigenvalue weighted by Gasteiger charge is -2.39. The largest absolute Gasteiger partial charge is 0.338 e. The van der Waals surface area contributed by atoms with Crippen LogP contribution >= 0.6 is 0 Å². The van der Waals surface area contributed by atoms with Gasteiger partial charge in [-0.2, -0.15) is 5.10 Å². The van der Waals surface area contributed by atoms with Gasteiger partial charge in [0.2, 0.25) is 0 Å². The molecule has 130 valence electrons. The standard InChI is InChI=1S/C20H23N3O2/c1-13-3-4-17(9-14(13)2)20(25)22-10-15(11-22)12-23-19(24)8-7-18(21-23)16-5-6-16/h3-4,7-9,15-16H,5-6,10-12H2,1-2H3. The molecule has 2 aliphatic rings. The zero-order valence-electron chi connectivity index (χ0n) is 14.7. The molecule has 0 atom stereocenters. The third-order valence-electron chi connectivity index (χ3n) is 5.31. The number of carbonyl (C=O) groups is 1. The summed E-state index contributed by atoms with van der Waals surface area (Å²) in [6, 6.07) is 9.32. The zero-order valence-corrected chi connectivity index (χ0v) is 14.7. The molecule has 2 heterocycles. The minimum absolute atomic E-state index is 0.0525. The van der Waals surface area contributed by atoms with Crippen molar-refractivity contribution in [3.8, 4) is 0 Å². The van der Waals surface area contributed by atoms with E-state index in [9.17, 15) is 9.59 Å². The highest BCUT2D eigenvalue weighted by molar-refractivity contribution is 5.95. The molecule has 25 heavy (non-hydrogen) atoms. The van der Waals surface area contributed by atoms with Gasteiger partial charge in [0.1, 0.15) is 0 Å². The number of hydrogen-bond donors (Lipinski definition) is 0. The van der Waals surface area contributed by atoms with Crippen LogP contribution in [-0.4, -0.2) is 33.7 Å². The van der Waals surface area contributed by atoms with Gasteiger partial charge in [-0.1, -0.05) is 6.07 Å². The van der Waals surface area contributed by atoms with Crippen LogP contribution in [0.15, 0.2) is 35.1 Å². The van der Waals surface area contributed by atoms with E-state index in [-0.39, 0.29) is 11.5 Å². The Morgan fingerprint density at radius 3 is 2.56 bits per heavy atom. The molecule has 0 unspecified atom stereocenters. The molecule has 1 aliphatic heterocycles. The summed E-state index contributed by atoms with van der Waals surface area (Å²) >= 11 is 0. The lowest BCUT2D eigenvalue weighted by molar-refractivity contribution is 0.0458. The van der Waals surface area contributed by atoms with Gasteiger partial charge in [-0.15, -0.1) is 0 Å². The van der Waals surface area contributed by atoms with E-state index < -0.39 is 0 Å². The zero-order chi connectivity index (χ0) is 17.6. The molecule has 2 aromatic rings. The van der Waals surface area contributed by atoms with Gasteiger partial charge in [-0.3, -0.25) is 9.59 Å². The highest BCUT2D eigenvalue weighted by Gasteiger charge is 2.32. The number of carbonyl (C=O) groups excluding carboxylic acids is 1. The van der Waals surface area contributed by atoms with Crippen molar-refractivity contribution in [1.82, 2.24) is 14.7 Å². The van der Waals surface area contributed by atoms with Gasteiger partial charge in [0.05, 0.1) is 12.2 Å². The molecule has 5 nitrogen and oxygen atoms in total. The van der Waals surface area contributed by atoms with E-state index in [0.717, 1.165) is 16.8 Å². The number of aryl methyl sites for hydroxylation is 2. The summed E-state index contributed by atoms with van der Waals surface area (Å²) in [4.78, 5) is 26.4. The third kappa shape index (κ3) is 3.23. The first-order valence-corrected chi connectivity index (χ1v) is 8.96. The first-order valence-electron chi connectivity index (χ1n) is 8.96. The van der Waals surface area contributed by atoms with Crippen LogP contribution in [0.1, 0.15) is 45.9 Å². The summed E-state index contributed by atoms with van der Waals surface area (Å²) in [5, 5.41) is 4.51. The van der Waals surface area contributed by atoms with Crippen LogP contribution in [0.3, 0.4) is 0 Å². The summed E-state index contributed by atoms with van der Waals surface area (Å²) in [5.41, 5.74) is 4.05. The molecule has 1 aromatic heterocycles. The number of rotatable bonds is 4. The topological polar surface area (TPSA) is 55.2 Å². The average molecular weight is 337 g/mol. The molecule has 0 bridgehead atoms. The van der Waals surface area contributed by atoms with Crippen molar-refractivity contribution in [2.75, 3.05) is 13.1 Å². The number of likely N-dealkylation sites (tertiary alicyclic amines) is 1. The predicted molar refractivity (Wildman–Crippen MR) is 95.8 cm³/mol. The van der Waals surface area contributed by atoms with E-state index in [4.69, 9.17) is 0 Å². The number of nitrogens with zero attached hydrogens (tertiary/aromatic N) is 3. The maximum atomic E-state index is 12.5. The Balaban J connectivity index is 1.39. The fraction of sp³-hybridized carbons (Fsp3) is 0.450. The number of benzene rings is 1. The molecular formula is C20H23N3O2. The monoisotopic (exact) mass is 337 g/mol. The quantitative estimate of drug-likeness (QED) is 0.861. The van der Waals surface area contributed by atoms with Crippen molar-refractivity contribution >= 4 is 5.91 Å². The van der Waals surface area contributed by atoms with Gasteiger partial charge in [0.15, 0.2) is 0 Å². The molecule has 1 saturated carbocycles. The second kappa shape index (κ2) is 6.14. The molecule has 2 fully saturated rings. The van der Waals surface area contributed by atoms with Crippen LogP contribution in [0.4, 0.5) is 0 Å². The van der Waals surface area contributed by atoms with E-state index in [1.165, 1.54) is 18.4 Å². The molecule has 0 spiro atoms. The van der Waals surface area contributed by atoms with Gasteiger partial charge in [-0.25, -0.2) is 4.68 Å². The summed E-state index contributed by atoms with van der Waals surface area (Å²) in [5.74, 6) is 0.914. The van der Waals surface area contributed by atoms with Crippen molar-refractivity contribution in [1.29, 1.82) is 0 Å². The summed E-state index contributed by atoms with van der Waals surface area (Å²) in [6.45, 7) is 6.04. The second-order valence-electron chi connectivity index (χ2n) is 7.43. The molecule has 4 rings (SSSR count). The lowest BCUT2D eigenvalue weighted by Crippen LogP contribution is -2.52. The van der Waals surface area contributed by atoms with Gasteiger partial charge < -0.3 is 4.90 Å². The average Bonchev–Trinajstić information content (AvgIpc) is 3.39. The molecule has 1 aromatic carbocycles. The Bertz CT molecular complexity index is 877. The second-order valence-corrected chi connectivity index (χ2v) is 7.43. The molecule has 0 radical (unpaired) electrons. The Hall–Kier alpha value is -2.43. The lowest BCUT2D eigenvalue weighted by atomic mass is 9.98. The minimum atomic E-state index is -0.0525. The Morgan fingerprint density at radius 1 is 1.12 bits per heavy atom. The van der Waals surface area contributed by atoms with Crippen LogP contribution in [-0.2, 0) is 6.54 Å². The van der Waals surface area contributed by atoms with Gasteiger partial charge in [-0.05, 0) is 56.0 Å².